The second-order valence-corrected chi connectivity index (χ2v) is 8.41. The minimum atomic E-state index is -4.51. The van der Waals surface area contributed by atoms with Gasteiger partial charge in [-0.15, -0.1) is 0 Å². The minimum Gasteiger partial charge on any atom is -0.423 e. The number of hydrogen-bond acceptors (Lipinski definition) is 2. The van der Waals surface area contributed by atoms with E-state index in [-0.39, 0.29) is 16.9 Å². The maximum atomic E-state index is 13.1. The number of benzene rings is 4. The van der Waals surface area contributed by atoms with Gasteiger partial charge >= 0.3 is 12.1 Å². The molecular formula is C28H23F3O2. The average molecular weight is 448 g/mol. The summed E-state index contributed by atoms with van der Waals surface area (Å²) in [6, 6.07) is 19.0. The lowest BCUT2D eigenvalue weighted by Gasteiger charge is -2.13. The Hall–Kier alpha value is -3.60. The number of hydrogen-bond donors (Lipinski definition) is 0. The molecule has 0 saturated heterocycles. The molecule has 0 N–H and O–H groups in total. The first-order valence-corrected chi connectivity index (χ1v) is 10.5. The Morgan fingerprint density at radius 2 is 1.36 bits per heavy atom. The number of carbonyl (C=O) groups excluding carboxylic acids is 1. The van der Waals surface area contributed by atoms with Crippen LogP contribution in [0.1, 0.15) is 38.2 Å². The number of halogens is 3. The summed E-state index contributed by atoms with van der Waals surface area (Å²) in [5.74, 6) is -0.845. The van der Waals surface area contributed by atoms with E-state index in [9.17, 15) is 18.0 Å². The van der Waals surface area contributed by atoms with Crippen LogP contribution in [0.5, 0.6) is 5.75 Å². The summed E-state index contributed by atoms with van der Waals surface area (Å²) < 4.78 is 44.7. The molecule has 0 aliphatic rings. The fourth-order valence-corrected chi connectivity index (χ4v) is 4.30. The Balaban J connectivity index is 1.63. The lowest BCUT2D eigenvalue weighted by Crippen LogP contribution is -2.11. The van der Waals surface area contributed by atoms with Crippen LogP contribution in [0.3, 0.4) is 0 Å². The van der Waals surface area contributed by atoms with Crippen LogP contribution in [-0.4, -0.2) is 5.97 Å². The minimum absolute atomic E-state index is 0.0721. The lowest BCUT2D eigenvalue weighted by molar-refractivity contribution is -0.138. The van der Waals surface area contributed by atoms with Crippen molar-refractivity contribution in [2.45, 2.75) is 33.9 Å². The first kappa shape index (κ1) is 22.6. The molecule has 0 radical (unpaired) electrons. The predicted molar refractivity (Wildman–Crippen MR) is 125 cm³/mol. The molecule has 4 aromatic rings. The highest BCUT2D eigenvalue weighted by molar-refractivity contribution is 5.97. The molecule has 0 bridgehead atoms. The van der Waals surface area contributed by atoms with Crippen molar-refractivity contribution in [2.75, 3.05) is 0 Å². The van der Waals surface area contributed by atoms with E-state index >= 15 is 0 Å². The van der Waals surface area contributed by atoms with E-state index in [0.29, 0.717) is 0 Å². The molecule has 0 aliphatic heterocycles. The van der Waals surface area contributed by atoms with Crippen molar-refractivity contribution in [1.82, 2.24) is 0 Å². The number of esters is 1. The number of carbonyl (C=O) groups is 1. The van der Waals surface area contributed by atoms with Gasteiger partial charge in [-0.25, -0.2) is 4.79 Å². The maximum Gasteiger partial charge on any atom is 0.416 e. The van der Waals surface area contributed by atoms with Gasteiger partial charge in [-0.05, 0) is 96.6 Å². The van der Waals surface area contributed by atoms with Crippen molar-refractivity contribution in [1.29, 1.82) is 0 Å². The van der Waals surface area contributed by atoms with Crippen LogP contribution >= 0.6 is 0 Å². The molecule has 4 rings (SSSR count). The molecule has 33 heavy (non-hydrogen) atoms. The molecule has 0 atom stereocenters. The Bertz CT molecular complexity index is 1360. The average Bonchev–Trinajstić information content (AvgIpc) is 2.73. The van der Waals surface area contributed by atoms with Gasteiger partial charge in [0.1, 0.15) is 5.75 Å². The van der Waals surface area contributed by atoms with Crippen molar-refractivity contribution < 1.29 is 22.7 Å². The molecule has 0 spiro atoms. The van der Waals surface area contributed by atoms with Crippen LogP contribution < -0.4 is 4.74 Å². The van der Waals surface area contributed by atoms with Crippen LogP contribution in [0.15, 0.2) is 66.7 Å². The molecule has 0 fully saturated rings. The third-order valence-corrected chi connectivity index (χ3v) is 5.77. The van der Waals surface area contributed by atoms with Crippen LogP contribution in [-0.2, 0) is 6.18 Å². The Kier molecular flexibility index (Phi) is 5.75. The van der Waals surface area contributed by atoms with Crippen molar-refractivity contribution in [2.24, 2.45) is 0 Å². The van der Waals surface area contributed by atoms with Gasteiger partial charge in [-0.1, -0.05) is 42.0 Å². The zero-order valence-corrected chi connectivity index (χ0v) is 18.8. The van der Waals surface area contributed by atoms with Gasteiger partial charge in [-0.2, -0.15) is 13.2 Å². The fourth-order valence-electron chi connectivity index (χ4n) is 4.30. The molecule has 0 unspecified atom stereocenters. The summed E-state index contributed by atoms with van der Waals surface area (Å²) in [5.41, 5.74) is 5.41. The van der Waals surface area contributed by atoms with Gasteiger partial charge in [0.15, 0.2) is 0 Å². The van der Waals surface area contributed by atoms with Crippen LogP contribution in [0.25, 0.3) is 21.9 Å². The number of ether oxygens (including phenoxy) is 1. The van der Waals surface area contributed by atoms with Gasteiger partial charge in [0, 0.05) is 0 Å². The van der Waals surface area contributed by atoms with E-state index in [2.05, 4.69) is 39.0 Å². The first-order chi connectivity index (χ1) is 15.5. The monoisotopic (exact) mass is 448 g/mol. The lowest BCUT2D eigenvalue weighted by atomic mass is 9.92. The van der Waals surface area contributed by atoms with E-state index in [1.807, 2.05) is 18.2 Å². The Morgan fingerprint density at radius 3 is 2.03 bits per heavy atom. The zero-order valence-electron chi connectivity index (χ0n) is 18.8. The molecular weight excluding hydrogens is 425 g/mol. The van der Waals surface area contributed by atoms with E-state index in [1.54, 1.807) is 12.1 Å². The molecule has 0 aliphatic carbocycles. The molecule has 0 heterocycles. The third kappa shape index (κ3) is 4.63. The fraction of sp³-hybridized carbons (Fsp3) is 0.179. The van der Waals surface area contributed by atoms with Crippen molar-refractivity contribution >= 4 is 16.7 Å². The number of rotatable bonds is 3. The van der Waals surface area contributed by atoms with Crippen molar-refractivity contribution in [3.8, 4) is 16.9 Å². The van der Waals surface area contributed by atoms with Crippen LogP contribution in [0.2, 0.25) is 0 Å². The maximum absolute atomic E-state index is 13.1. The van der Waals surface area contributed by atoms with Gasteiger partial charge in [0.25, 0.3) is 0 Å². The van der Waals surface area contributed by atoms with Crippen molar-refractivity contribution in [3.05, 3.63) is 100 Å². The van der Waals surface area contributed by atoms with Gasteiger partial charge < -0.3 is 4.74 Å². The standard InChI is InChI=1S/C28H23F3O2/c1-16-11-18(3)26(19(4)12-16)22-8-6-21-14-23(9-7-20(21)13-22)27(32)33-24-10-5-17(2)25(15-24)28(29,30)31/h5-15H,1-4H3. The topological polar surface area (TPSA) is 26.3 Å². The third-order valence-electron chi connectivity index (χ3n) is 5.77. The second kappa shape index (κ2) is 8.39. The van der Waals surface area contributed by atoms with Crippen LogP contribution in [0.4, 0.5) is 13.2 Å². The molecule has 0 aromatic heterocycles. The Labute approximate surface area is 190 Å². The largest absolute Gasteiger partial charge is 0.423 e. The highest BCUT2D eigenvalue weighted by atomic mass is 19.4. The quantitative estimate of drug-likeness (QED) is 0.235. The van der Waals surface area contributed by atoms with E-state index < -0.39 is 17.7 Å². The number of aryl methyl sites for hydroxylation is 4. The van der Waals surface area contributed by atoms with Crippen molar-refractivity contribution in [3.63, 3.8) is 0 Å². The summed E-state index contributed by atoms with van der Waals surface area (Å²) in [7, 11) is 0. The summed E-state index contributed by atoms with van der Waals surface area (Å²) >= 11 is 0. The molecule has 168 valence electrons. The molecule has 2 nitrogen and oxygen atoms in total. The molecule has 4 aromatic carbocycles. The number of alkyl halides is 3. The molecule has 0 amide bonds. The highest BCUT2D eigenvalue weighted by Gasteiger charge is 2.33. The highest BCUT2D eigenvalue weighted by Crippen LogP contribution is 2.35. The Morgan fingerprint density at radius 1 is 0.727 bits per heavy atom. The zero-order chi connectivity index (χ0) is 23.9. The smallest absolute Gasteiger partial charge is 0.416 e. The number of fused-ring (bicyclic) bond motifs is 1. The summed E-state index contributed by atoms with van der Waals surface area (Å²) in [6.45, 7) is 7.62. The second-order valence-electron chi connectivity index (χ2n) is 8.41. The van der Waals surface area contributed by atoms with E-state index in [4.69, 9.17) is 4.74 Å². The van der Waals surface area contributed by atoms with Gasteiger partial charge in [-0.3, -0.25) is 0 Å². The van der Waals surface area contributed by atoms with E-state index in [0.717, 1.165) is 22.4 Å². The van der Waals surface area contributed by atoms with E-state index in [1.165, 1.54) is 41.3 Å². The van der Waals surface area contributed by atoms with Gasteiger partial charge in [0.2, 0.25) is 0 Å². The summed E-state index contributed by atoms with van der Waals surface area (Å²) in [4.78, 5) is 12.6. The van der Waals surface area contributed by atoms with Gasteiger partial charge in [0.05, 0.1) is 11.1 Å². The predicted octanol–water partition coefficient (Wildman–Crippen LogP) is 7.98. The SMILES string of the molecule is Cc1cc(C)c(-c2ccc3cc(C(=O)Oc4ccc(C)c(C(F)(F)F)c4)ccc3c2)c(C)c1. The summed E-state index contributed by atoms with van der Waals surface area (Å²) in [5, 5.41) is 1.80. The summed E-state index contributed by atoms with van der Waals surface area (Å²) in [6.07, 6.45) is -4.51. The van der Waals surface area contributed by atoms with Crippen LogP contribution in [0, 0.1) is 27.7 Å². The first-order valence-electron chi connectivity index (χ1n) is 10.5. The molecule has 0 saturated carbocycles. The molecule has 5 heteroatoms. The normalized spacial score (nSPS) is 11.6.